The molecule has 0 bridgehead atoms. The van der Waals surface area contributed by atoms with Crippen LogP contribution in [0.3, 0.4) is 0 Å². The van der Waals surface area contributed by atoms with Crippen LogP contribution >= 0.6 is 11.3 Å². The molecule has 0 unspecified atom stereocenters. The summed E-state index contributed by atoms with van der Waals surface area (Å²) in [6.07, 6.45) is 1.61. The molecule has 3 nitrogen and oxygen atoms in total. The second-order valence-electron chi connectivity index (χ2n) is 1.42. The molecule has 48 valence electrons. The van der Waals surface area contributed by atoms with E-state index in [1.807, 2.05) is 0 Å². The van der Waals surface area contributed by atoms with Crippen molar-refractivity contribution in [2.45, 2.75) is 0 Å². The van der Waals surface area contributed by atoms with Crippen LogP contribution in [0.1, 0.15) is 9.80 Å². The maximum atomic E-state index is 10.7. The molecule has 1 N–H and O–H groups in total. The normalized spacial score (nSPS) is 9.00. The zero-order valence-electron chi connectivity index (χ0n) is 4.92. The Bertz CT molecular complexity index is 195. The molecule has 0 aliphatic rings. The molecule has 0 aliphatic heterocycles. The monoisotopic (exact) mass is 142 g/mol. The first-order chi connectivity index (χ1) is 4.34. The summed E-state index contributed by atoms with van der Waals surface area (Å²) >= 11 is 1.33. The molecule has 0 saturated heterocycles. The Morgan fingerprint density at radius 2 is 2.67 bits per heavy atom. The van der Waals surface area contributed by atoms with Gasteiger partial charge < -0.3 is 5.32 Å². The molecule has 0 aliphatic carbocycles. The molecule has 1 aromatic heterocycles. The van der Waals surface area contributed by atoms with Gasteiger partial charge in [-0.25, -0.2) is 4.98 Å². The van der Waals surface area contributed by atoms with Gasteiger partial charge in [0.25, 0.3) is 5.91 Å². The van der Waals surface area contributed by atoms with Crippen molar-refractivity contribution in [2.24, 2.45) is 0 Å². The molecule has 1 aromatic rings. The predicted molar refractivity (Wildman–Crippen MR) is 35.5 cm³/mol. The second-order valence-corrected chi connectivity index (χ2v) is 2.31. The van der Waals surface area contributed by atoms with Gasteiger partial charge in [-0.3, -0.25) is 4.79 Å². The average Bonchev–Trinajstić information content (AvgIpc) is 2.37. The molecule has 0 saturated carbocycles. The lowest BCUT2D eigenvalue weighted by Gasteiger charge is -1.89. The van der Waals surface area contributed by atoms with Gasteiger partial charge in [-0.15, -0.1) is 11.3 Å². The van der Waals surface area contributed by atoms with Crippen molar-refractivity contribution < 1.29 is 4.79 Å². The van der Waals surface area contributed by atoms with Gasteiger partial charge in [-0.05, 0) is 0 Å². The molecule has 0 spiro atoms. The summed E-state index contributed by atoms with van der Waals surface area (Å²) in [6.45, 7) is 0. The summed E-state index contributed by atoms with van der Waals surface area (Å²) in [5.41, 5.74) is 0. The minimum absolute atomic E-state index is 0.120. The van der Waals surface area contributed by atoms with Crippen LogP contribution < -0.4 is 5.32 Å². The van der Waals surface area contributed by atoms with Crippen molar-refractivity contribution in [1.82, 2.24) is 10.3 Å². The summed E-state index contributed by atoms with van der Waals surface area (Å²) in [7, 11) is 1.59. The highest BCUT2D eigenvalue weighted by atomic mass is 32.1. The number of nitrogens with zero attached hydrogens (tertiary/aromatic N) is 1. The lowest BCUT2D eigenvalue weighted by Crippen LogP contribution is -2.17. The standard InChI is InChI=1S/C5H6N2OS/c1-6-4(8)5-7-2-3-9-5/h2-3H,1H3,(H,6,8). The van der Waals surface area contributed by atoms with Crippen LogP contribution in [0.4, 0.5) is 0 Å². The lowest BCUT2D eigenvalue weighted by molar-refractivity contribution is 0.0963. The number of thiazole rings is 1. The van der Waals surface area contributed by atoms with Gasteiger partial charge in [-0.1, -0.05) is 0 Å². The van der Waals surface area contributed by atoms with Gasteiger partial charge in [-0.2, -0.15) is 0 Å². The Labute approximate surface area is 56.7 Å². The van der Waals surface area contributed by atoms with Crippen LogP contribution in [0.5, 0.6) is 0 Å². The van der Waals surface area contributed by atoms with Crippen LogP contribution in [0.15, 0.2) is 11.6 Å². The van der Waals surface area contributed by atoms with Crippen molar-refractivity contribution in [2.75, 3.05) is 7.05 Å². The maximum absolute atomic E-state index is 10.7. The van der Waals surface area contributed by atoms with Crippen molar-refractivity contribution in [3.05, 3.63) is 16.6 Å². The summed E-state index contributed by atoms with van der Waals surface area (Å²) in [5.74, 6) is -0.120. The minimum atomic E-state index is -0.120. The van der Waals surface area contributed by atoms with Gasteiger partial charge >= 0.3 is 0 Å². The Morgan fingerprint density at radius 3 is 3.11 bits per heavy atom. The molecular weight excluding hydrogens is 136 g/mol. The first-order valence-electron chi connectivity index (χ1n) is 2.46. The highest BCUT2D eigenvalue weighted by molar-refractivity contribution is 7.11. The van der Waals surface area contributed by atoms with Crippen LogP contribution in [-0.4, -0.2) is 17.9 Å². The second kappa shape index (κ2) is 2.59. The highest BCUT2D eigenvalue weighted by Crippen LogP contribution is 2.01. The van der Waals surface area contributed by atoms with E-state index in [9.17, 15) is 4.79 Å². The SMILES string of the molecule is CNC(=O)c1nccs1. The minimum Gasteiger partial charge on any atom is -0.353 e. The molecule has 1 rings (SSSR count). The van der Waals surface area contributed by atoms with Crippen LogP contribution in [0.25, 0.3) is 0 Å². The summed E-state index contributed by atoms with van der Waals surface area (Å²) in [5, 5.41) is 4.76. The number of carbonyl (C=O) groups is 1. The van der Waals surface area contributed by atoms with Crippen molar-refractivity contribution >= 4 is 17.2 Å². The number of hydrogen-bond acceptors (Lipinski definition) is 3. The molecule has 0 radical (unpaired) electrons. The summed E-state index contributed by atoms with van der Waals surface area (Å²) < 4.78 is 0. The summed E-state index contributed by atoms with van der Waals surface area (Å²) in [6, 6.07) is 0. The van der Waals surface area contributed by atoms with E-state index < -0.39 is 0 Å². The summed E-state index contributed by atoms with van der Waals surface area (Å²) in [4.78, 5) is 14.5. The molecule has 1 heterocycles. The number of amides is 1. The molecule has 0 atom stereocenters. The largest absolute Gasteiger partial charge is 0.353 e. The number of nitrogens with one attached hydrogen (secondary N) is 1. The fourth-order valence-electron chi connectivity index (χ4n) is 0.443. The first-order valence-corrected chi connectivity index (χ1v) is 3.34. The van der Waals surface area contributed by atoms with E-state index in [1.54, 1.807) is 18.6 Å². The Kier molecular flexibility index (Phi) is 1.79. The van der Waals surface area contributed by atoms with Crippen molar-refractivity contribution in [3.63, 3.8) is 0 Å². The van der Waals surface area contributed by atoms with Gasteiger partial charge in [0.1, 0.15) is 0 Å². The van der Waals surface area contributed by atoms with E-state index in [0.29, 0.717) is 5.01 Å². The molecule has 0 fully saturated rings. The van der Waals surface area contributed by atoms with Crippen LogP contribution in [0.2, 0.25) is 0 Å². The Balaban J connectivity index is 2.77. The number of carbonyl (C=O) groups excluding carboxylic acids is 1. The van der Waals surface area contributed by atoms with E-state index in [0.717, 1.165) is 0 Å². The molecule has 1 amide bonds. The number of aromatic nitrogens is 1. The van der Waals surface area contributed by atoms with Crippen molar-refractivity contribution in [1.29, 1.82) is 0 Å². The number of rotatable bonds is 1. The average molecular weight is 142 g/mol. The lowest BCUT2D eigenvalue weighted by atomic mass is 10.6. The van der Waals surface area contributed by atoms with Gasteiger partial charge in [0.2, 0.25) is 0 Å². The zero-order valence-corrected chi connectivity index (χ0v) is 5.73. The van der Waals surface area contributed by atoms with E-state index in [-0.39, 0.29) is 5.91 Å². The zero-order chi connectivity index (χ0) is 6.69. The molecule has 0 aromatic carbocycles. The maximum Gasteiger partial charge on any atom is 0.280 e. The molecule has 9 heavy (non-hydrogen) atoms. The van der Waals surface area contributed by atoms with Crippen LogP contribution in [-0.2, 0) is 0 Å². The molecule has 4 heteroatoms. The third-order valence-electron chi connectivity index (χ3n) is 0.854. The van der Waals surface area contributed by atoms with Gasteiger partial charge in [0.05, 0.1) is 0 Å². The Morgan fingerprint density at radius 1 is 1.89 bits per heavy atom. The van der Waals surface area contributed by atoms with E-state index in [2.05, 4.69) is 10.3 Å². The van der Waals surface area contributed by atoms with E-state index in [4.69, 9.17) is 0 Å². The smallest absolute Gasteiger partial charge is 0.280 e. The van der Waals surface area contributed by atoms with Crippen LogP contribution in [0, 0.1) is 0 Å². The fourth-order valence-corrected chi connectivity index (χ4v) is 1.02. The van der Waals surface area contributed by atoms with E-state index in [1.165, 1.54) is 11.3 Å². The van der Waals surface area contributed by atoms with Gasteiger partial charge in [0, 0.05) is 18.6 Å². The first kappa shape index (κ1) is 6.22. The number of hydrogen-bond donors (Lipinski definition) is 1. The molecular formula is C5H6N2OS. The Hall–Kier alpha value is -0.900. The predicted octanol–water partition coefficient (Wildman–Crippen LogP) is 0.503. The fraction of sp³-hybridized carbons (Fsp3) is 0.200. The van der Waals surface area contributed by atoms with Crippen molar-refractivity contribution in [3.8, 4) is 0 Å². The van der Waals surface area contributed by atoms with E-state index >= 15 is 0 Å². The quantitative estimate of drug-likeness (QED) is 0.620. The van der Waals surface area contributed by atoms with Gasteiger partial charge in [0.15, 0.2) is 5.01 Å². The third-order valence-corrected chi connectivity index (χ3v) is 1.63. The third kappa shape index (κ3) is 1.26. The highest BCUT2D eigenvalue weighted by Gasteiger charge is 2.02. The topological polar surface area (TPSA) is 42.0 Å².